The highest BCUT2D eigenvalue weighted by Gasteiger charge is 2.54. The summed E-state index contributed by atoms with van der Waals surface area (Å²) in [6.45, 7) is 4.93. The number of aliphatic hydroxyl groups excluding tert-OH is 1. The van der Waals surface area contributed by atoms with Gasteiger partial charge in [-0.15, -0.1) is 0 Å². The number of amides is 2. The molecule has 0 bridgehead atoms. The molecule has 0 radical (unpaired) electrons. The van der Waals surface area contributed by atoms with Crippen molar-refractivity contribution in [2.24, 2.45) is 0 Å². The Bertz CT molecular complexity index is 1170. The number of aliphatic hydroxyl groups is 2. The maximum absolute atomic E-state index is 13.8. The van der Waals surface area contributed by atoms with Crippen LogP contribution in [0.3, 0.4) is 0 Å². The van der Waals surface area contributed by atoms with E-state index in [1.807, 2.05) is 41.3 Å². The predicted octanol–water partition coefficient (Wildman–Crippen LogP) is 4.52. The molecule has 1 atom stereocenters. The molecule has 8 nitrogen and oxygen atoms in total. The first-order valence-electron chi connectivity index (χ1n) is 15.4. The van der Waals surface area contributed by atoms with Crippen molar-refractivity contribution in [3.8, 4) is 11.5 Å². The number of unbranched alkanes of at least 4 members (excludes halogenated alkanes) is 1. The first-order valence-corrected chi connectivity index (χ1v) is 15.4. The minimum absolute atomic E-state index is 0.00914. The van der Waals surface area contributed by atoms with Crippen LogP contribution in [-0.2, 0) is 22.7 Å². The van der Waals surface area contributed by atoms with Gasteiger partial charge in [0.15, 0.2) is 0 Å². The Balaban J connectivity index is 1.20. The zero-order chi connectivity index (χ0) is 28.9. The van der Waals surface area contributed by atoms with Gasteiger partial charge in [0.05, 0.1) is 12.2 Å². The molecule has 1 aliphatic carbocycles. The third-order valence-corrected chi connectivity index (χ3v) is 9.27. The summed E-state index contributed by atoms with van der Waals surface area (Å²) in [4.78, 5) is 31.7. The van der Waals surface area contributed by atoms with E-state index >= 15 is 0 Å². The van der Waals surface area contributed by atoms with Crippen molar-refractivity contribution in [3.05, 3.63) is 59.7 Å². The minimum Gasteiger partial charge on any atom is -0.457 e. The quantitative estimate of drug-likeness (QED) is 0.393. The standard InChI is InChI=1S/C33H45N3O5/c1-2-3-19-36-30(38)29(22-32(40)15-5-4-6-16-32)34-31(39)33(36)17-20-35(21-18-33)23-25-7-11-27(12-8-25)41-28-13-9-26(24-37)10-14-28/h7-14,29,37,40H,2-6,15-24H2,1H3,(H,34,39)/t29-/m1/s1. The number of carbonyl (C=O) groups excluding carboxylic acids is 2. The number of hydrogen-bond acceptors (Lipinski definition) is 6. The Hall–Kier alpha value is -2.94. The Morgan fingerprint density at radius 2 is 1.51 bits per heavy atom. The third kappa shape index (κ3) is 6.76. The zero-order valence-electron chi connectivity index (χ0n) is 24.3. The number of ether oxygens (including phenoxy) is 1. The Kier molecular flexibility index (Phi) is 9.32. The fourth-order valence-corrected chi connectivity index (χ4v) is 6.75. The molecule has 2 amide bonds. The van der Waals surface area contributed by atoms with Gasteiger partial charge >= 0.3 is 0 Å². The lowest BCUT2D eigenvalue weighted by molar-refractivity contribution is -0.163. The second-order valence-corrected chi connectivity index (χ2v) is 12.2. The maximum Gasteiger partial charge on any atom is 0.246 e. The zero-order valence-corrected chi connectivity index (χ0v) is 24.3. The SMILES string of the molecule is CCCCN1C(=O)[C@@H](CC2(O)CCCCC2)NC(=O)C12CCN(Cc1ccc(Oc3ccc(CO)cc3)cc1)CC2. The number of nitrogens with zero attached hydrogens (tertiary/aromatic N) is 2. The smallest absolute Gasteiger partial charge is 0.246 e. The van der Waals surface area contributed by atoms with Gasteiger partial charge in [-0.2, -0.15) is 0 Å². The lowest BCUT2D eigenvalue weighted by atomic mass is 9.77. The second kappa shape index (κ2) is 12.9. The lowest BCUT2D eigenvalue weighted by Gasteiger charge is -2.52. The fourth-order valence-electron chi connectivity index (χ4n) is 6.75. The van der Waals surface area contributed by atoms with Crippen LogP contribution < -0.4 is 10.1 Å². The van der Waals surface area contributed by atoms with Crippen molar-refractivity contribution in [2.45, 2.75) is 101 Å². The van der Waals surface area contributed by atoms with Crippen molar-refractivity contribution >= 4 is 11.8 Å². The van der Waals surface area contributed by atoms with Crippen LogP contribution in [0.15, 0.2) is 48.5 Å². The van der Waals surface area contributed by atoms with Crippen molar-refractivity contribution in [1.82, 2.24) is 15.1 Å². The first-order chi connectivity index (χ1) is 19.8. The first kappa shape index (κ1) is 29.5. The van der Waals surface area contributed by atoms with Crippen LogP contribution in [0.1, 0.15) is 82.3 Å². The van der Waals surface area contributed by atoms with Gasteiger partial charge in [0.25, 0.3) is 0 Å². The molecule has 8 heteroatoms. The molecule has 2 aromatic rings. The average molecular weight is 564 g/mol. The van der Waals surface area contributed by atoms with Crippen molar-refractivity contribution in [2.75, 3.05) is 19.6 Å². The van der Waals surface area contributed by atoms with Gasteiger partial charge in [-0.3, -0.25) is 14.5 Å². The second-order valence-electron chi connectivity index (χ2n) is 12.2. The molecule has 2 aliphatic heterocycles. The number of likely N-dealkylation sites (tertiary alicyclic amines) is 1. The summed E-state index contributed by atoms with van der Waals surface area (Å²) in [5, 5.41) is 23.4. The van der Waals surface area contributed by atoms with Gasteiger partial charge in [0.1, 0.15) is 23.1 Å². The van der Waals surface area contributed by atoms with Gasteiger partial charge in [-0.1, -0.05) is 56.9 Å². The Morgan fingerprint density at radius 1 is 0.902 bits per heavy atom. The largest absolute Gasteiger partial charge is 0.457 e. The number of carbonyl (C=O) groups is 2. The monoisotopic (exact) mass is 563 g/mol. The van der Waals surface area contributed by atoms with Crippen LogP contribution in [0, 0.1) is 0 Å². The molecule has 3 fully saturated rings. The summed E-state index contributed by atoms with van der Waals surface area (Å²) < 4.78 is 5.93. The molecule has 3 N–H and O–H groups in total. The molecule has 3 aliphatic rings. The summed E-state index contributed by atoms with van der Waals surface area (Å²) in [5.74, 6) is 1.40. The van der Waals surface area contributed by atoms with Crippen LogP contribution >= 0.6 is 0 Å². The van der Waals surface area contributed by atoms with Crippen LogP contribution in [0.2, 0.25) is 0 Å². The number of hydrogen-bond donors (Lipinski definition) is 3. The summed E-state index contributed by atoms with van der Waals surface area (Å²) in [6, 6.07) is 14.8. The highest BCUT2D eigenvalue weighted by molar-refractivity contribution is 6.00. The molecule has 2 saturated heterocycles. The van der Waals surface area contributed by atoms with E-state index in [1.54, 1.807) is 0 Å². The molecule has 0 unspecified atom stereocenters. The van der Waals surface area contributed by atoms with Gasteiger partial charge < -0.3 is 25.2 Å². The summed E-state index contributed by atoms with van der Waals surface area (Å²) in [5.41, 5.74) is 0.341. The van der Waals surface area contributed by atoms with Crippen molar-refractivity contribution < 1.29 is 24.5 Å². The molecule has 222 valence electrons. The average Bonchev–Trinajstić information content (AvgIpc) is 2.98. The van der Waals surface area contributed by atoms with Gasteiger partial charge in [0, 0.05) is 32.6 Å². The number of rotatable bonds is 10. The summed E-state index contributed by atoms with van der Waals surface area (Å²) in [6.07, 6.45) is 7.81. The third-order valence-electron chi connectivity index (χ3n) is 9.27. The van der Waals surface area contributed by atoms with E-state index in [0.717, 1.165) is 74.4 Å². The van der Waals surface area contributed by atoms with Crippen LogP contribution in [0.4, 0.5) is 0 Å². The van der Waals surface area contributed by atoms with Crippen LogP contribution in [-0.4, -0.2) is 68.6 Å². The normalized spacial score (nSPS) is 22.5. The maximum atomic E-state index is 13.8. The van der Waals surface area contributed by atoms with Crippen molar-refractivity contribution in [3.63, 3.8) is 0 Å². The minimum atomic E-state index is -0.860. The van der Waals surface area contributed by atoms with E-state index in [1.165, 1.54) is 0 Å². The molecule has 41 heavy (non-hydrogen) atoms. The van der Waals surface area contributed by atoms with E-state index in [0.29, 0.717) is 38.6 Å². The molecule has 2 aromatic carbocycles. The predicted molar refractivity (Wildman–Crippen MR) is 157 cm³/mol. The fraction of sp³-hybridized carbons (Fsp3) is 0.576. The highest BCUT2D eigenvalue weighted by atomic mass is 16.5. The van der Waals surface area contributed by atoms with Crippen LogP contribution in [0.5, 0.6) is 11.5 Å². The van der Waals surface area contributed by atoms with Crippen LogP contribution in [0.25, 0.3) is 0 Å². The lowest BCUT2D eigenvalue weighted by Crippen LogP contribution is -2.73. The van der Waals surface area contributed by atoms with Gasteiger partial charge in [-0.05, 0) is 67.5 Å². The number of nitrogens with one attached hydrogen (secondary N) is 1. The summed E-state index contributed by atoms with van der Waals surface area (Å²) in [7, 11) is 0. The molecule has 1 spiro atoms. The molecule has 0 aromatic heterocycles. The van der Waals surface area contributed by atoms with Crippen molar-refractivity contribution in [1.29, 1.82) is 0 Å². The van der Waals surface area contributed by atoms with E-state index < -0.39 is 17.2 Å². The molecular formula is C33H45N3O5. The highest BCUT2D eigenvalue weighted by Crippen LogP contribution is 2.37. The molecular weight excluding hydrogens is 518 g/mol. The summed E-state index contributed by atoms with van der Waals surface area (Å²) >= 11 is 0. The molecule has 1 saturated carbocycles. The molecule has 5 rings (SSSR count). The molecule has 2 heterocycles. The Labute approximate surface area is 243 Å². The van der Waals surface area contributed by atoms with E-state index in [-0.39, 0.29) is 18.4 Å². The number of piperidine rings is 1. The van der Waals surface area contributed by atoms with E-state index in [4.69, 9.17) is 4.74 Å². The van der Waals surface area contributed by atoms with Gasteiger partial charge in [-0.25, -0.2) is 0 Å². The number of piperazine rings is 1. The van der Waals surface area contributed by atoms with E-state index in [9.17, 15) is 19.8 Å². The Morgan fingerprint density at radius 3 is 2.10 bits per heavy atom. The van der Waals surface area contributed by atoms with E-state index in [2.05, 4.69) is 29.3 Å². The van der Waals surface area contributed by atoms with Gasteiger partial charge in [0.2, 0.25) is 11.8 Å². The topological polar surface area (TPSA) is 102 Å². The number of benzene rings is 2.